The van der Waals surface area contributed by atoms with Gasteiger partial charge in [0.1, 0.15) is 11.6 Å². The van der Waals surface area contributed by atoms with Gasteiger partial charge in [0.2, 0.25) is 0 Å². The average molecular weight is 270 g/mol. The van der Waals surface area contributed by atoms with E-state index in [0.29, 0.717) is 12.2 Å². The van der Waals surface area contributed by atoms with Gasteiger partial charge in [0.15, 0.2) is 5.78 Å². The summed E-state index contributed by atoms with van der Waals surface area (Å²) in [7, 11) is 0. The molecular weight excluding hydrogens is 255 g/mol. The number of carbonyl (C=O) groups excluding carboxylic acids is 1. The Kier molecular flexibility index (Phi) is 4.66. The molecule has 0 heterocycles. The van der Waals surface area contributed by atoms with E-state index in [1.807, 2.05) is 31.2 Å². The smallest absolute Gasteiger partial charge is 0.185 e. The number of para-hydroxylation sites is 1. The summed E-state index contributed by atoms with van der Waals surface area (Å²) < 4.78 is 18.5. The molecular formula is C17H15FO2. The lowest BCUT2D eigenvalue weighted by atomic mass is 10.1. The molecule has 0 saturated carbocycles. The lowest BCUT2D eigenvalue weighted by Gasteiger charge is -2.06. The molecule has 0 spiro atoms. The van der Waals surface area contributed by atoms with E-state index in [9.17, 15) is 9.18 Å². The molecule has 0 aliphatic rings. The number of hydrogen-bond acceptors (Lipinski definition) is 2. The Labute approximate surface area is 117 Å². The molecule has 2 rings (SSSR count). The highest BCUT2D eigenvalue weighted by Crippen LogP contribution is 2.19. The SMILES string of the molecule is CCOc1ccccc1C=CC(=O)c1cccc(F)c1. The van der Waals surface area contributed by atoms with Gasteiger partial charge in [-0.1, -0.05) is 30.3 Å². The van der Waals surface area contributed by atoms with Crippen LogP contribution < -0.4 is 4.74 Å². The van der Waals surface area contributed by atoms with Crippen LogP contribution in [0.2, 0.25) is 0 Å². The predicted molar refractivity (Wildman–Crippen MR) is 77.4 cm³/mol. The molecule has 20 heavy (non-hydrogen) atoms. The highest BCUT2D eigenvalue weighted by Gasteiger charge is 2.04. The molecule has 0 aliphatic carbocycles. The molecule has 0 aliphatic heterocycles. The molecule has 2 aromatic rings. The first-order chi connectivity index (χ1) is 9.70. The van der Waals surface area contributed by atoms with Crippen molar-refractivity contribution in [2.24, 2.45) is 0 Å². The fourth-order valence-corrected chi connectivity index (χ4v) is 1.81. The van der Waals surface area contributed by atoms with E-state index in [-0.39, 0.29) is 5.78 Å². The minimum absolute atomic E-state index is 0.240. The normalized spacial score (nSPS) is 10.7. The van der Waals surface area contributed by atoms with Gasteiger partial charge >= 0.3 is 0 Å². The Morgan fingerprint density at radius 1 is 1.20 bits per heavy atom. The Hall–Kier alpha value is -2.42. The maximum Gasteiger partial charge on any atom is 0.185 e. The Morgan fingerprint density at radius 3 is 2.75 bits per heavy atom. The molecule has 0 aromatic heterocycles. The lowest BCUT2D eigenvalue weighted by Crippen LogP contribution is -1.96. The van der Waals surface area contributed by atoms with Crippen molar-refractivity contribution in [3.63, 3.8) is 0 Å². The summed E-state index contributed by atoms with van der Waals surface area (Å²) in [5.41, 5.74) is 1.15. The highest BCUT2D eigenvalue weighted by atomic mass is 19.1. The summed E-state index contributed by atoms with van der Waals surface area (Å²) in [6.07, 6.45) is 3.10. The van der Waals surface area contributed by atoms with Crippen molar-refractivity contribution in [1.29, 1.82) is 0 Å². The van der Waals surface area contributed by atoms with Crippen LogP contribution in [0.4, 0.5) is 4.39 Å². The van der Waals surface area contributed by atoms with Crippen molar-refractivity contribution in [3.8, 4) is 5.75 Å². The van der Waals surface area contributed by atoms with Gasteiger partial charge < -0.3 is 4.74 Å². The molecule has 0 radical (unpaired) electrons. The Morgan fingerprint density at radius 2 is 2.00 bits per heavy atom. The van der Waals surface area contributed by atoms with Crippen molar-refractivity contribution in [1.82, 2.24) is 0 Å². The van der Waals surface area contributed by atoms with Crippen LogP contribution in [0, 0.1) is 5.82 Å². The van der Waals surface area contributed by atoms with E-state index in [4.69, 9.17) is 4.74 Å². The number of hydrogen-bond donors (Lipinski definition) is 0. The second kappa shape index (κ2) is 6.66. The van der Waals surface area contributed by atoms with Crippen LogP contribution in [0.15, 0.2) is 54.6 Å². The number of benzene rings is 2. The average Bonchev–Trinajstić information content (AvgIpc) is 2.46. The zero-order chi connectivity index (χ0) is 14.4. The number of allylic oxidation sites excluding steroid dienone is 1. The maximum absolute atomic E-state index is 13.1. The van der Waals surface area contributed by atoms with Gasteiger partial charge in [-0.15, -0.1) is 0 Å². The van der Waals surface area contributed by atoms with Gasteiger partial charge in [0.05, 0.1) is 6.61 Å². The van der Waals surface area contributed by atoms with Gasteiger partial charge in [-0.3, -0.25) is 4.79 Å². The largest absolute Gasteiger partial charge is 0.493 e. The molecule has 102 valence electrons. The first-order valence-corrected chi connectivity index (χ1v) is 6.40. The summed E-state index contributed by atoms with van der Waals surface area (Å²) in [5.74, 6) is 0.0630. The van der Waals surface area contributed by atoms with E-state index in [0.717, 1.165) is 11.3 Å². The lowest BCUT2D eigenvalue weighted by molar-refractivity contribution is 0.104. The number of rotatable bonds is 5. The van der Waals surface area contributed by atoms with E-state index in [1.54, 1.807) is 12.1 Å². The molecule has 3 heteroatoms. The van der Waals surface area contributed by atoms with Crippen molar-refractivity contribution in [3.05, 3.63) is 71.6 Å². The van der Waals surface area contributed by atoms with E-state index >= 15 is 0 Å². The highest BCUT2D eigenvalue weighted by molar-refractivity contribution is 6.06. The first-order valence-electron chi connectivity index (χ1n) is 6.40. The van der Waals surface area contributed by atoms with Crippen LogP contribution in [-0.2, 0) is 0 Å². The van der Waals surface area contributed by atoms with Gasteiger partial charge in [-0.25, -0.2) is 4.39 Å². The number of ketones is 1. The second-order valence-corrected chi connectivity index (χ2v) is 4.18. The topological polar surface area (TPSA) is 26.3 Å². The van der Waals surface area contributed by atoms with E-state index < -0.39 is 5.82 Å². The minimum Gasteiger partial charge on any atom is -0.493 e. The van der Waals surface area contributed by atoms with Crippen molar-refractivity contribution in [2.75, 3.05) is 6.61 Å². The summed E-state index contributed by atoms with van der Waals surface area (Å²) in [4.78, 5) is 11.9. The predicted octanol–water partition coefficient (Wildman–Crippen LogP) is 4.12. The van der Waals surface area contributed by atoms with Gasteiger partial charge in [-0.05, 0) is 37.3 Å². The second-order valence-electron chi connectivity index (χ2n) is 4.18. The third-order valence-electron chi connectivity index (χ3n) is 2.74. The van der Waals surface area contributed by atoms with Crippen LogP contribution in [0.25, 0.3) is 6.08 Å². The third-order valence-corrected chi connectivity index (χ3v) is 2.74. The molecule has 0 unspecified atom stereocenters. The minimum atomic E-state index is -0.418. The van der Waals surface area contributed by atoms with Gasteiger partial charge in [-0.2, -0.15) is 0 Å². The zero-order valence-electron chi connectivity index (χ0n) is 11.2. The Bertz CT molecular complexity index is 632. The van der Waals surface area contributed by atoms with Crippen molar-refractivity contribution in [2.45, 2.75) is 6.92 Å². The van der Waals surface area contributed by atoms with Crippen LogP contribution in [-0.4, -0.2) is 12.4 Å². The molecule has 0 N–H and O–H groups in total. The fraction of sp³-hybridized carbons (Fsp3) is 0.118. The van der Waals surface area contributed by atoms with Gasteiger partial charge in [0, 0.05) is 11.1 Å². The summed E-state index contributed by atoms with van der Waals surface area (Å²) in [5, 5.41) is 0. The quantitative estimate of drug-likeness (QED) is 0.603. The number of halogens is 1. The molecule has 0 bridgehead atoms. The molecule has 0 atom stereocenters. The molecule has 0 fully saturated rings. The summed E-state index contributed by atoms with van der Waals surface area (Å²) >= 11 is 0. The standard InChI is InChI=1S/C17H15FO2/c1-2-20-17-9-4-3-6-13(17)10-11-16(19)14-7-5-8-15(18)12-14/h3-12H,2H2,1H3. The van der Waals surface area contributed by atoms with Crippen molar-refractivity contribution < 1.29 is 13.9 Å². The molecule has 2 aromatic carbocycles. The van der Waals surface area contributed by atoms with E-state index in [1.165, 1.54) is 24.3 Å². The summed E-state index contributed by atoms with van der Waals surface area (Å²) in [6.45, 7) is 2.46. The zero-order valence-corrected chi connectivity index (χ0v) is 11.2. The Balaban J connectivity index is 2.19. The van der Waals surface area contributed by atoms with Crippen LogP contribution >= 0.6 is 0 Å². The monoisotopic (exact) mass is 270 g/mol. The summed E-state index contributed by atoms with van der Waals surface area (Å²) in [6, 6.07) is 13.1. The maximum atomic E-state index is 13.1. The number of ether oxygens (including phenoxy) is 1. The van der Waals surface area contributed by atoms with Crippen LogP contribution in [0.3, 0.4) is 0 Å². The fourth-order valence-electron chi connectivity index (χ4n) is 1.81. The van der Waals surface area contributed by atoms with Gasteiger partial charge in [0.25, 0.3) is 0 Å². The molecule has 2 nitrogen and oxygen atoms in total. The first kappa shape index (κ1) is 14.0. The number of carbonyl (C=O) groups is 1. The van der Waals surface area contributed by atoms with Crippen LogP contribution in [0.1, 0.15) is 22.8 Å². The van der Waals surface area contributed by atoms with Crippen LogP contribution in [0.5, 0.6) is 5.75 Å². The van der Waals surface area contributed by atoms with Crippen molar-refractivity contribution >= 4 is 11.9 Å². The third kappa shape index (κ3) is 3.54. The van der Waals surface area contributed by atoms with E-state index in [2.05, 4.69) is 0 Å². The molecule has 0 amide bonds. The molecule has 0 saturated heterocycles.